The van der Waals surface area contributed by atoms with Crippen molar-refractivity contribution in [3.8, 4) is 11.1 Å². The van der Waals surface area contributed by atoms with Crippen molar-refractivity contribution in [1.82, 2.24) is 0 Å². The zero-order chi connectivity index (χ0) is 22.2. The van der Waals surface area contributed by atoms with Gasteiger partial charge in [0.05, 0.1) is 10.4 Å². The fraction of sp³-hybridized carbons (Fsp3) is 0. The van der Waals surface area contributed by atoms with Crippen molar-refractivity contribution in [3.63, 3.8) is 0 Å². The number of anilines is 2. The summed E-state index contributed by atoms with van der Waals surface area (Å²) in [7, 11) is 0. The fourth-order valence-corrected chi connectivity index (χ4v) is 2.91. The molecule has 8 heteroatoms. The highest BCUT2D eigenvalue weighted by atomic mass is 16.5. The molecule has 4 aromatic carbocycles. The van der Waals surface area contributed by atoms with Gasteiger partial charge in [0.2, 0.25) is 0 Å². The van der Waals surface area contributed by atoms with Crippen LogP contribution in [0.4, 0.5) is 22.7 Å². The minimum absolute atomic E-state index is 0.445. The summed E-state index contributed by atoms with van der Waals surface area (Å²) in [4.78, 5) is 1.07. The second-order valence-corrected chi connectivity index (χ2v) is 6.80. The van der Waals surface area contributed by atoms with Gasteiger partial charge in [0.15, 0.2) is 11.4 Å². The van der Waals surface area contributed by atoms with E-state index in [9.17, 15) is 10.4 Å². The molecule has 2 N–H and O–H groups in total. The molecule has 0 unspecified atom stereocenters. The van der Waals surface area contributed by atoms with E-state index in [4.69, 9.17) is 0 Å². The van der Waals surface area contributed by atoms with E-state index < -0.39 is 0 Å². The van der Waals surface area contributed by atoms with Crippen molar-refractivity contribution in [1.29, 1.82) is 0 Å². The van der Waals surface area contributed by atoms with Crippen molar-refractivity contribution < 1.29 is 9.72 Å². The monoisotopic (exact) mass is 424 g/mol. The molecule has 0 atom stereocenters. The molecule has 8 nitrogen and oxygen atoms in total. The van der Waals surface area contributed by atoms with E-state index in [1.54, 1.807) is 48.5 Å². The first-order chi connectivity index (χ1) is 15.7. The molecule has 4 aromatic rings. The Bertz CT molecular complexity index is 1110. The zero-order valence-corrected chi connectivity index (χ0v) is 17.0. The van der Waals surface area contributed by atoms with Crippen LogP contribution in [0.1, 0.15) is 0 Å². The van der Waals surface area contributed by atoms with Gasteiger partial charge in [0, 0.05) is 0 Å². The molecule has 0 radical (unpaired) electrons. The van der Waals surface area contributed by atoms with Crippen molar-refractivity contribution in [2.75, 3.05) is 10.9 Å². The molecule has 158 valence electrons. The maximum absolute atomic E-state index is 12.0. The first kappa shape index (κ1) is 20.5. The summed E-state index contributed by atoms with van der Waals surface area (Å²) in [6.07, 6.45) is 0. The lowest BCUT2D eigenvalue weighted by Gasteiger charge is -2.06. The number of para-hydroxylation sites is 2. The highest BCUT2D eigenvalue weighted by molar-refractivity contribution is 5.67. The lowest BCUT2D eigenvalue weighted by atomic mass is 10.1. The predicted octanol–water partition coefficient (Wildman–Crippen LogP) is 6.60. The number of benzene rings is 4. The zero-order valence-electron chi connectivity index (χ0n) is 17.0. The summed E-state index contributed by atoms with van der Waals surface area (Å²) < 4.78 is 0. The van der Waals surface area contributed by atoms with Gasteiger partial charge in [-0.3, -0.25) is 0 Å². The molecule has 0 spiro atoms. The Labute approximate surface area is 184 Å². The quantitative estimate of drug-likeness (QED) is 0.198. The van der Waals surface area contributed by atoms with E-state index in [-0.39, 0.29) is 0 Å². The van der Waals surface area contributed by atoms with Crippen molar-refractivity contribution in [2.24, 2.45) is 10.4 Å². The van der Waals surface area contributed by atoms with Gasteiger partial charge in [-0.25, -0.2) is 0 Å². The SMILES string of the molecule is [O-][N+](=NNc1ccc(-c2ccc(NN=[N+]([O-])c3ccccc3)cc2)cc1)c1ccccc1. The molecule has 4 rings (SSSR count). The summed E-state index contributed by atoms with van der Waals surface area (Å²) >= 11 is 0. The molecule has 0 aromatic heterocycles. The van der Waals surface area contributed by atoms with Gasteiger partial charge in [0.25, 0.3) is 0 Å². The summed E-state index contributed by atoms with van der Waals surface area (Å²) in [5, 5.41) is 31.6. The van der Waals surface area contributed by atoms with Gasteiger partial charge in [-0.1, -0.05) is 60.7 Å². The van der Waals surface area contributed by atoms with Crippen molar-refractivity contribution >= 4 is 22.7 Å². The number of hydrogen-bond donors (Lipinski definition) is 2. The van der Waals surface area contributed by atoms with Gasteiger partial charge < -0.3 is 10.4 Å². The molecule has 0 amide bonds. The average Bonchev–Trinajstić information content (AvgIpc) is 2.87. The van der Waals surface area contributed by atoms with Crippen LogP contribution in [-0.4, -0.2) is 9.72 Å². The molecule has 0 aliphatic rings. The van der Waals surface area contributed by atoms with Crippen LogP contribution in [0, 0.1) is 10.4 Å². The molecule has 0 fully saturated rings. The number of rotatable bonds is 7. The molecular formula is C24H20N6O2. The standard InChI is InChI=1S/C24H20N6O2/c31-29(23-7-3-1-4-8-23)27-25-21-15-11-19(12-16-21)20-13-17-22(18-14-20)26-28-30(32)24-9-5-2-6-10-24/h1-18,25-26H. The molecule has 0 aliphatic heterocycles. The average molecular weight is 424 g/mol. The number of hydrogen-bond acceptors (Lipinski definition) is 4. The van der Waals surface area contributed by atoms with Crippen molar-refractivity contribution in [2.45, 2.75) is 0 Å². The number of nitrogens with one attached hydrogen (secondary N) is 2. The Hall–Kier alpha value is -4.72. The van der Waals surface area contributed by atoms with E-state index in [1.807, 2.05) is 60.7 Å². The smallest absolute Gasteiger partial charge is 0.154 e. The van der Waals surface area contributed by atoms with Crippen LogP contribution in [0.3, 0.4) is 0 Å². The Kier molecular flexibility index (Phi) is 6.33. The maximum atomic E-state index is 12.0. The van der Waals surface area contributed by atoms with Crippen LogP contribution < -0.4 is 10.9 Å². The van der Waals surface area contributed by atoms with Crippen LogP contribution in [0.2, 0.25) is 0 Å². The highest BCUT2D eigenvalue weighted by Gasteiger charge is 2.04. The minimum atomic E-state index is 0.445. The minimum Gasteiger partial charge on any atom is -0.691 e. The first-order valence-electron chi connectivity index (χ1n) is 9.87. The van der Waals surface area contributed by atoms with Gasteiger partial charge in [-0.2, -0.15) is 0 Å². The topological polar surface area (TPSA) is 101 Å². The molecule has 0 aliphatic carbocycles. The lowest BCUT2D eigenvalue weighted by molar-refractivity contribution is -0.439. The van der Waals surface area contributed by atoms with Gasteiger partial charge in [0.1, 0.15) is 11.4 Å². The van der Waals surface area contributed by atoms with Crippen LogP contribution in [0.5, 0.6) is 0 Å². The van der Waals surface area contributed by atoms with Crippen LogP contribution in [0.15, 0.2) is 120 Å². The van der Waals surface area contributed by atoms with E-state index in [2.05, 4.69) is 21.3 Å². The molecule has 32 heavy (non-hydrogen) atoms. The molecule has 0 saturated carbocycles. The van der Waals surface area contributed by atoms with Gasteiger partial charge >= 0.3 is 0 Å². The van der Waals surface area contributed by atoms with E-state index in [1.165, 1.54) is 0 Å². The first-order valence-corrected chi connectivity index (χ1v) is 9.87. The molecular weight excluding hydrogens is 404 g/mol. The molecule has 0 heterocycles. The largest absolute Gasteiger partial charge is 0.691 e. The summed E-state index contributed by atoms with van der Waals surface area (Å²) in [6, 6.07) is 32.6. The lowest BCUT2D eigenvalue weighted by Crippen LogP contribution is -1.98. The third-order valence-electron chi connectivity index (χ3n) is 4.60. The fourth-order valence-electron chi connectivity index (χ4n) is 2.91. The van der Waals surface area contributed by atoms with Crippen LogP contribution in [-0.2, 0) is 0 Å². The Balaban J connectivity index is 1.38. The number of nitrogens with zero attached hydrogens (tertiary/aromatic N) is 4. The molecule has 0 bridgehead atoms. The van der Waals surface area contributed by atoms with Gasteiger partial charge in [-0.05, 0) is 59.7 Å². The molecule has 0 saturated heterocycles. The summed E-state index contributed by atoms with van der Waals surface area (Å²) in [5.74, 6) is 0. The van der Waals surface area contributed by atoms with E-state index >= 15 is 0 Å². The highest BCUT2D eigenvalue weighted by Crippen LogP contribution is 2.23. The third-order valence-corrected chi connectivity index (χ3v) is 4.60. The summed E-state index contributed by atoms with van der Waals surface area (Å²) in [5.41, 5.74) is 9.78. The third kappa shape index (κ3) is 5.25. The Morgan fingerprint density at radius 3 is 1.16 bits per heavy atom. The van der Waals surface area contributed by atoms with E-state index in [0.717, 1.165) is 11.1 Å². The van der Waals surface area contributed by atoms with Crippen LogP contribution in [0.25, 0.3) is 11.1 Å². The Morgan fingerprint density at radius 2 is 0.812 bits per heavy atom. The second kappa shape index (κ2) is 9.86. The normalized spacial score (nSPS) is 11.8. The Morgan fingerprint density at radius 1 is 0.469 bits per heavy atom. The van der Waals surface area contributed by atoms with Crippen LogP contribution >= 0.6 is 0 Å². The maximum Gasteiger partial charge on any atom is 0.154 e. The predicted molar refractivity (Wildman–Crippen MR) is 123 cm³/mol. The summed E-state index contributed by atoms with van der Waals surface area (Å²) in [6.45, 7) is 0. The second-order valence-electron chi connectivity index (χ2n) is 6.80. The van der Waals surface area contributed by atoms with Crippen molar-refractivity contribution in [3.05, 3.63) is 120 Å². The van der Waals surface area contributed by atoms with Gasteiger partial charge in [-0.15, -0.1) is 20.6 Å². The van der Waals surface area contributed by atoms with E-state index in [0.29, 0.717) is 32.5 Å².